The molecule has 0 radical (unpaired) electrons. The quantitative estimate of drug-likeness (QED) is 0.777. The van der Waals surface area contributed by atoms with Crippen molar-refractivity contribution in [3.05, 3.63) is 71.8 Å². The van der Waals surface area contributed by atoms with E-state index in [2.05, 4.69) is 0 Å². The summed E-state index contributed by atoms with van der Waals surface area (Å²) in [4.78, 5) is 23.8. The van der Waals surface area contributed by atoms with Crippen LogP contribution < -0.4 is 0 Å². The van der Waals surface area contributed by atoms with Gasteiger partial charge in [-0.05, 0) is 24.3 Å². The Morgan fingerprint density at radius 2 is 1.54 bits per heavy atom. The van der Waals surface area contributed by atoms with E-state index in [1.165, 1.54) is 11.8 Å². The van der Waals surface area contributed by atoms with Gasteiger partial charge < -0.3 is 14.2 Å². The van der Waals surface area contributed by atoms with Crippen LogP contribution in [0, 0.1) is 0 Å². The zero-order chi connectivity index (χ0) is 16.8. The van der Waals surface area contributed by atoms with Crippen molar-refractivity contribution < 1.29 is 23.8 Å². The highest BCUT2D eigenvalue weighted by Gasteiger charge is 2.30. The molecular formula is C18H16O5S. The van der Waals surface area contributed by atoms with Crippen molar-refractivity contribution in [2.24, 2.45) is 0 Å². The molecular weight excluding hydrogens is 328 g/mol. The van der Waals surface area contributed by atoms with Crippen molar-refractivity contribution in [3.63, 3.8) is 0 Å². The Kier molecular flexibility index (Phi) is 5.51. The zero-order valence-corrected chi connectivity index (χ0v) is 13.6. The number of hydrogen-bond acceptors (Lipinski definition) is 6. The first-order valence-electron chi connectivity index (χ1n) is 7.47. The lowest BCUT2D eigenvalue weighted by atomic mass is 10.2. The van der Waals surface area contributed by atoms with Crippen LogP contribution in [0.1, 0.15) is 20.7 Å². The van der Waals surface area contributed by atoms with Gasteiger partial charge in [0.2, 0.25) is 6.29 Å². The van der Waals surface area contributed by atoms with Crippen LogP contribution in [-0.2, 0) is 14.2 Å². The highest BCUT2D eigenvalue weighted by molar-refractivity contribution is 8.00. The van der Waals surface area contributed by atoms with Gasteiger partial charge in [-0.3, -0.25) is 0 Å². The molecule has 2 aromatic carbocycles. The lowest BCUT2D eigenvalue weighted by molar-refractivity contribution is -0.103. The van der Waals surface area contributed by atoms with Crippen LogP contribution in [0.25, 0.3) is 0 Å². The van der Waals surface area contributed by atoms with Gasteiger partial charge in [0.15, 0.2) is 0 Å². The Balaban J connectivity index is 1.44. The SMILES string of the molecule is O=C(OC[C@H]1O[C@@H](OC(=O)c2ccccc2)CS1)c1ccccc1. The Morgan fingerprint density at radius 1 is 0.958 bits per heavy atom. The highest BCUT2D eigenvalue weighted by Crippen LogP contribution is 2.27. The zero-order valence-electron chi connectivity index (χ0n) is 12.8. The van der Waals surface area contributed by atoms with Gasteiger partial charge in [-0.25, -0.2) is 9.59 Å². The van der Waals surface area contributed by atoms with E-state index in [0.717, 1.165) is 0 Å². The maximum absolute atomic E-state index is 12.0. The summed E-state index contributed by atoms with van der Waals surface area (Å²) in [5, 5.41) is 0. The fraction of sp³-hybridized carbons (Fsp3) is 0.222. The van der Waals surface area contributed by atoms with Gasteiger partial charge in [-0.15, -0.1) is 11.8 Å². The lowest BCUT2D eigenvalue weighted by Gasteiger charge is -2.13. The lowest BCUT2D eigenvalue weighted by Crippen LogP contribution is -2.23. The molecule has 0 saturated carbocycles. The van der Waals surface area contributed by atoms with Gasteiger partial charge in [0.1, 0.15) is 12.0 Å². The molecule has 0 aromatic heterocycles. The van der Waals surface area contributed by atoms with Crippen molar-refractivity contribution in [1.82, 2.24) is 0 Å². The Bertz CT molecular complexity index is 689. The second kappa shape index (κ2) is 7.99. The summed E-state index contributed by atoms with van der Waals surface area (Å²) in [6.45, 7) is 0.109. The van der Waals surface area contributed by atoms with Crippen LogP contribution in [0.4, 0.5) is 0 Å². The number of ether oxygens (including phenoxy) is 3. The van der Waals surface area contributed by atoms with E-state index < -0.39 is 18.2 Å². The topological polar surface area (TPSA) is 61.8 Å². The molecule has 0 N–H and O–H groups in total. The maximum Gasteiger partial charge on any atom is 0.340 e. The van der Waals surface area contributed by atoms with Gasteiger partial charge in [-0.2, -0.15) is 0 Å². The summed E-state index contributed by atoms with van der Waals surface area (Å²) in [7, 11) is 0. The molecule has 0 unspecified atom stereocenters. The van der Waals surface area contributed by atoms with E-state index in [9.17, 15) is 9.59 Å². The Morgan fingerprint density at radius 3 is 2.17 bits per heavy atom. The average Bonchev–Trinajstić information content (AvgIpc) is 3.08. The summed E-state index contributed by atoms with van der Waals surface area (Å²) >= 11 is 1.45. The molecule has 124 valence electrons. The minimum Gasteiger partial charge on any atom is -0.458 e. The first-order valence-corrected chi connectivity index (χ1v) is 8.52. The molecule has 1 aliphatic heterocycles. The van der Waals surface area contributed by atoms with Crippen LogP contribution in [0.2, 0.25) is 0 Å². The fourth-order valence-electron chi connectivity index (χ4n) is 2.15. The van der Waals surface area contributed by atoms with Crippen molar-refractivity contribution in [2.45, 2.75) is 11.7 Å². The van der Waals surface area contributed by atoms with E-state index in [0.29, 0.717) is 16.9 Å². The van der Waals surface area contributed by atoms with E-state index >= 15 is 0 Å². The molecule has 1 aliphatic rings. The van der Waals surface area contributed by atoms with Gasteiger partial charge >= 0.3 is 11.9 Å². The molecule has 0 bridgehead atoms. The third-order valence-corrected chi connectivity index (χ3v) is 4.41. The highest BCUT2D eigenvalue weighted by atomic mass is 32.2. The molecule has 2 atom stereocenters. The monoisotopic (exact) mass is 344 g/mol. The molecule has 3 rings (SSSR count). The molecule has 24 heavy (non-hydrogen) atoms. The number of hydrogen-bond donors (Lipinski definition) is 0. The number of benzene rings is 2. The summed E-state index contributed by atoms with van der Waals surface area (Å²) in [5.41, 5.74) is 0.629. The maximum atomic E-state index is 12.0. The number of carbonyl (C=O) groups is 2. The molecule has 0 amide bonds. The molecule has 5 nitrogen and oxygen atoms in total. The summed E-state index contributed by atoms with van der Waals surface area (Å²) in [6, 6.07) is 17.5. The predicted octanol–water partition coefficient (Wildman–Crippen LogP) is 3.12. The molecule has 0 spiro atoms. The normalized spacial score (nSPS) is 19.7. The molecule has 6 heteroatoms. The first kappa shape index (κ1) is 16.5. The van der Waals surface area contributed by atoms with E-state index in [1.807, 2.05) is 12.1 Å². The number of thioether (sulfide) groups is 1. The third-order valence-electron chi connectivity index (χ3n) is 3.33. The molecule has 1 fully saturated rings. The first-order chi connectivity index (χ1) is 11.7. The Labute approximate surface area is 143 Å². The number of carbonyl (C=O) groups excluding carboxylic acids is 2. The largest absolute Gasteiger partial charge is 0.458 e. The van der Waals surface area contributed by atoms with Crippen LogP contribution in [-0.4, -0.2) is 36.0 Å². The third kappa shape index (κ3) is 4.37. The smallest absolute Gasteiger partial charge is 0.340 e. The summed E-state index contributed by atoms with van der Waals surface area (Å²) < 4.78 is 16.1. The number of rotatable bonds is 5. The number of esters is 2. The van der Waals surface area contributed by atoms with Crippen molar-refractivity contribution >= 4 is 23.7 Å². The predicted molar refractivity (Wildman–Crippen MR) is 89.7 cm³/mol. The van der Waals surface area contributed by atoms with Crippen molar-refractivity contribution in [1.29, 1.82) is 0 Å². The van der Waals surface area contributed by atoms with Gasteiger partial charge in [0, 0.05) is 0 Å². The molecule has 0 aliphatic carbocycles. The van der Waals surface area contributed by atoms with Crippen LogP contribution >= 0.6 is 11.8 Å². The van der Waals surface area contributed by atoms with E-state index in [4.69, 9.17) is 14.2 Å². The van der Waals surface area contributed by atoms with Crippen LogP contribution in [0.15, 0.2) is 60.7 Å². The van der Waals surface area contributed by atoms with Gasteiger partial charge in [-0.1, -0.05) is 36.4 Å². The minimum atomic E-state index is -0.636. The molecule has 1 heterocycles. The Hall–Kier alpha value is -2.31. The summed E-state index contributed by atoms with van der Waals surface area (Å²) in [5.74, 6) is -0.320. The fourth-order valence-corrected chi connectivity index (χ4v) is 3.03. The average molecular weight is 344 g/mol. The molecule has 2 aromatic rings. The van der Waals surface area contributed by atoms with Crippen molar-refractivity contribution in [2.75, 3.05) is 12.4 Å². The molecule has 1 saturated heterocycles. The van der Waals surface area contributed by atoms with Gasteiger partial charge in [0.05, 0.1) is 16.9 Å². The second-order valence-electron chi connectivity index (χ2n) is 5.06. The minimum absolute atomic E-state index is 0.109. The standard InChI is InChI=1S/C18H16O5S/c19-17(13-7-3-1-4-8-13)21-11-16-22-15(12-24-16)23-18(20)14-9-5-2-6-10-14/h1-10,15-16H,11-12H2/t15-,16-/m0/s1. The van der Waals surface area contributed by atoms with E-state index in [-0.39, 0.29) is 12.0 Å². The van der Waals surface area contributed by atoms with Crippen LogP contribution in [0.5, 0.6) is 0 Å². The van der Waals surface area contributed by atoms with Gasteiger partial charge in [0.25, 0.3) is 0 Å². The van der Waals surface area contributed by atoms with Crippen molar-refractivity contribution in [3.8, 4) is 0 Å². The summed E-state index contributed by atoms with van der Waals surface area (Å²) in [6.07, 6.45) is -0.636. The van der Waals surface area contributed by atoms with Crippen LogP contribution in [0.3, 0.4) is 0 Å². The van der Waals surface area contributed by atoms with E-state index in [1.54, 1.807) is 48.5 Å². The second-order valence-corrected chi connectivity index (χ2v) is 6.26.